The number of hydrogen-bond donors (Lipinski definition) is 2. The van der Waals surface area contributed by atoms with E-state index in [4.69, 9.17) is 0 Å². The Kier molecular flexibility index (Phi) is 4.42. The van der Waals surface area contributed by atoms with Gasteiger partial charge in [-0.25, -0.2) is 0 Å². The van der Waals surface area contributed by atoms with Gasteiger partial charge in [-0.2, -0.15) is 0 Å². The van der Waals surface area contributed by atoms with Crippen LogP contribution in [0.25, 0.3) is 0 Å². The molecule has 0 aliphatic rings. The Morgan fingerprint density at radius 1 is 1.19 bits per heavy atom. The highest BCUT2D eigenvalue weighted by atomic mass is 16.3. The van der Waals surface area contributed by atoms with Crippen molar-refractivity contribution in [1.29, 1.82) is 0 Å². The summed E-state index contributed by atoms with van der Waals surface area (Å²) in [6, 6.07) is 9.53. The predicted molar refractivity (Wildman–Crippen MR) is 79.2 cm³/mol. The van der Waals surface area contributed by atoms with Crippen molar-refractivity contribution in [2.45, 2.75) is 20.4 Å². The number of pyridine rings is 1. The van der Waals surface area contributed by atoms with E-state index in [0.717, 1.165) is 11.4 Å². The third kappa shape index (κ3) is 3.72. The molecule has 0 unspecified atom stereocenters. The van der Waals surface area contributed by atoms with E-state index in [2.05, 4.69) is 4.98 Å². The SMILES string of the molecule is CCN(Cc1cccc(C)n1)C(=O)c1cc(O)cc(O)c1. The van der Waals surface area contributed by atoms with E-state index >= 15 is 0 Å². The minimum Gasteiger partial charge on any atom is -0.508 e. The van der Waals surface area contributed by atoms with Crippen LogP contribution in [0.5, 0.6) is 11.5 Å². The molecule has 1 heterocycles. The van der Waals surface area contributed by atoms with Gasteiger partial charge in [0.05, 0.1) is 12.2 Å². The Hall–Kier alpha value is -2.56. The summed E-state index contributed by atoms with van der Waals surface area (Å²) in [4.78, 5) is 18.4. The molecule has 2 N–H and O–H groups in total. The van der Waals surface area contributed by atoms with Gasteiger partial charge in [-0.1, -0.05) is 6.07 Å². The summed E-state index contributed by atoms with van der Waals surface area (Å²) in [7, 11) is 0. The van der Waals surface area contributed by atoms with Gasteiger partial charge < -0.3 is 15.1 Å². The zero-order valence-electron chi connectivity index (χ0n) is 12.1. The van der Waals surface area contributed by atoms with E-state index in [-0.39, 0.29) is 23.0 Å². The first-order valence-electron chi connectivity index (χ1n) is 6.74. The molecule has 0 fully saturated rings. The van der Waals surface area contributed by atoms with Gasteiger partial charge in [0, 0.05) is 23.9 Å². The highest BCUT2D eigenvalue weighted by Gasteiger charge is 2.16. The number of phenolic OH excluding ortho intramolecular Hbond substituents is 2. The number of rotatable bonds is 4. The lowest BCUT2D eigenvalue weighted by molar-refractivity contribution is 0.0749. The Morgan fingerprint density at radius 3 is 2.43 bits per heavy atom. The molecule has 0 aliphatic carbocycles. The lowest BCUT2D eigenvalue weighted by Gasteiger charge is -2.21. The molecular weight excluding hydrogens is 268 g/mol. The minimum atomic E-state index is -0.257. The van der Waals surface area contributed by atoms with Crippen LogP contribution >= 0.6 is 0 Å². The molecule has 0 spiro atoms. The smallest absolute Gasteiger partial charge is 0.254 e. The topological polar surface area (TPSA) is 73.7 Å². The van der Waals surface area contributed by atoms with Crippen LogP contribution in [0.15, 0.2) is 36.4 Å². The van der Waals surface area contributed by atoms with Gasteiger partial charge in [0.2, 0.25) is 0 Å². The normalized spacial score (nSPS) is 10.4. The van der Waals surface area contributed by atoms with Crippen LogP contribution in [0.1, 0.15) is 28.7 Å². The van der Waals surface area contributed by atoms with Crippen LogP contribution in [-0.4, -0.2) is 32.5 Å². The summed E-state index contributed by atoms with van der Waals surface area (Å²) in [5, 5.41) is 19.0. The van der Waals surface area contributed by atoms with Crippen LogP contribution in [0.4, 0.5) is 0 Å². The van der Waals surface area contributed by atoms with Crippen molar-refractivity contribution < 1.29 is 15.0 Å². The molecule has 0 radical (unpaired) electrons. The van der Waals surface area contributed by atoms with Gasteiger partial charge >= 0.3 is 0 Å². The van der Waals surface area contributed by atoms with Crippen molar-refractivity contribution in [2.75, 3.05) is 6.54 Å². The Labute approximate surface area is 123 Å². The zero-order chi connectivity index (χ0) is 15.4. The van der Waals surface area contributed by atoms with Crippen LogP contribution in [-0.2, 0) is 6.54 Å². The number of carbonyl (C=O) groups is 1. The second-order valence-corrected chi connectivity index (χ2v) is 4.83. The summed E-state index contributed by atoms with van der Waals surface area (Å²) >= 11 is 0. The largest absolute Gasteiger partial charge is 0.508 e. The van der Waals surface area contributed by atoms with Crippen molar-refractivity contribution in [1.82, 2.24) is 9.88 Å². The fourth-order valence-corrected chi connectivity index (χ4v) is 2.11. The van der Waals surface area contributed by atoms with Crippen molar-refractivity contribution >= 4 is 5.91 Å². The molecule has 2 rings (SSSR count). The van der Waals surface area contributed by atoms with Crippen molar-refractivity contribution in [3.05, 3.63) is 53.3 Å². The number of hydrogen-bond acceptors (Lipinski definition) is 4. The first-order valence-corrected chi connectivity index (χ1v) is 6.74. The van der Waals surface area contributed by atoms with Crippen molar-refractivity contribution in [3.63, 3.8) is 0 Å². The first-order chi connectivity index (χ1) is 9.99. The lowest BCUT2D eigenvalue weighted by Crippen LogP contribution is -2.30. The standard InChI is InChI=1S/C16H18N2O3/c1-3-18(10-13-6-4-5-11(2)17-13)16(21)12-7-14(19)9-15(20)8-12/h4-9,19-20H,3,10H2,1-2H3. The predicted octanol–water partition coefficient (Wildman–Crippen LogP) is 2.46. The van der Waals surface area contributed by atoms with E-state index in [1.165, 1.54) is 18.2 Å². The van der Waals surface area contributed by atoms with Gasteiger partial charge in [0.1, 0.15) is 11.5 Å². The summed E-state index contributed by atoms with van der Waals surface area (Å²) in [5.41, 5.74) is 1.95. The second kappa shape index (κ2) is 6.26. The van der Waals surface area contributed by atoms with E-state index < -0.39 is 0 Å². The fourth-order valence-electron chi connectivity index (χ4n) is 2.11. The van der Waals surface area contributed by atoms with Gasteiger partial charge in [0.15, 0.2) is 0 Å². The third-order valence-electron chi connectivity index (χ3n) is 3.12. The molecular formula is C16H18N2O3. The molecule has 0 saturated carbocycles. The molecule has 1 amide bonds. The molecule has 1 aromatic heterocycles. The number of aromatic hydroxyl groups is 2. The molecule has 0 bridgehead atoms. The average molecular weight is 286 g/mol. The molecule has 5 nitrogen and oxygen atoms in total. The van der Waals surface area contributed by atoms with Gasteiger partial charge in [-0.3, -0.25) is 9.78 Å². The number of aryl methyl sites for hydroxylation is 1. The summed E-state index contributed by atoms with van der Waals surface area (Å²) < 4.78 is 0. The quantitative estimate of drug-likeness (QED) is 0.905. The van der Waals surface area contributed by atoms with E-state index in [9.17, 15) is 15.0 Å². The Bertz CT molecular complexity index is 635. The minimum absolute atomic E-state index is 0.136. The lowest BCUT2D eigenvalue weighted by atomic mass is 10.1. The Morgan fingerprint density at radius 2 is 1.86 bits per heavy atom. The highest BCUT2D eigenvalue weighted by Crippen LogP contribution is 2.22. The summed E-state index contributed by atoms with van der Waals surface area (Å²) in [5.74, 6) is -0.529. The highest BCUT2D eigenvalue weighted by molar-refractivity contribution is 5.95. The molecule has 1 aromatic carbocycles. The maximum absolute atomic E-state index is 12.4. The molecule has 5 heteroatoms. The summed E-state index contributed by atoms with van der Waals surface area (Å²) in [6.07, 6.45) is 0. The molecule has 0 saturated heterocycles. The first kappa shape index (κ1) is 14.8. The van der Waals surface area contributed by atoms with Gasteiger partial charge in [-0.15, -0.1) is 0 Å². The fraction of sp³-hybridized carbons (Fsp3) is 0.250. The molecule has 110 valence electrons. The van der Waals surface area contributed by atoms with Crippen molar-refractivity contribution in [2.24, 2.45) is 0 Å². The zero-order valence-corrected chi connectivity index (χ0v) is 12.1. The molecule has 21 heavy (non-hydrogen) atoms. The molecule has 2 aromatic rings. The van der Waals surface area contributed by atoms with E-state index in [0.29, 0.717) is 13.1 Å². The van der Waals surface area contributed by atoms with Gasteiger partial charge in [0.25, 0.3) is 5.91 Å². The number of carbonyl (C=O) groups excluding carboxylic acids is 1. The van der Waals surface area contributed by atoms with Crippen LogP contribution in [0.3, 0.4) is 0 Å². The maximum atomic E-state index is 12.4. The molecule has 0 atom stereocenters. The van der Waals surface area contributed by atoms with Crippen molar-refractivity contribution in [3.8, 4) is 11.5 Å². The second-order valence-electron chi connectivity index (χ2n) is 4.83. The monoisotopic (exact) mass is 286 g/mol. The van der Waals surface area contributed by atoms with E-state index in [1.807, 2.05) is 32.0 Å². The van der Waals surface area contributed by atoms with E-state index in [1.54, 1.807) is 4.90 Å². The number of phenols is 2. The average Bonchev–Trinajstić information content (AvgIpc) is 2.43. The number of nitrogens with zero attached hydrogens (tertiary/aromatic N) is 2. The maximum Gasteiger partial charge on any atom is 0.254 e. The van der Waals surface area contributed by atoms with Gasteiger partial charge in [-0.05, 0) is 38.1 Å². The van der Waals surface area contributed by atoms with Crippen LogP contribution in [0.2, 0.25) is 0 Å². The number of aromatic nitrogens is 1. The Balaban J connectivity index is 2.22. The third-order valence-corrected chi connectivity index (χ3v) is 3.12. The van der Waals surface area contributed by atoms with Crippen LogP contribution in [0, 0.1) is 6.92 Å². The summed E-state index contributed by atoms with van der Waals surface area (Å²) in [6.45, 7) is 4.66. The molecule has 0 aliphatic heterocycles. The van der Waals surface area contributed by atoms with Crippen LogP contribution < -0.4 is 0 Å². The number of amides is 1. The number of benzene rings is 1.